The number of carbonyl (C=O) groups is 1. The Labute approximate surface area is 120 Å². The van der Waals surface area contributed by atoms with Gasteiger partial charge in [0.15, 0.2) is 0 Å². The summed E-state index contributed by atoms with van der Waals surface area (Å²) in [6, 6.07) is -0.912. The van der Waals surface area contributed by atoms with Crippen molar-refractivity contribution in [3.63, 3.8) is 0 Å². The minimum atomic E-state index is -0.999. The number of aliphatic hydroxyl groups excluding tert-OH is 3. The van der Waals surface area contributed by atoms with E-state index in [1.165, 1.54) is 0 Å². The van der Waals surface area contributed by atoms with Crippen molar-refractivity contribution in [2.24, 2.45) is 0 Å². The van der Waals surface area contributed by atoms with Crippen LogP contribution < -0.4 is 5.32 Å². The topological polar surface area (TPSA) is 93.0 Å². The van der Waals surface area contributed by atoms with E-state index in [2.05, 4.69) is 12.2 Å². The molecule has 1 aliphatic heterocycles. The molecule has 6 nitrogen and oxygen atoms in total. The molecule has 0 unspecified atom stereocenters. The molecule has 0 aromatic heterocycles. The number of hydrogen-bond donors (Lipinski definition) is 4. The molecule has 1 fully saturated rings. The predicted molar refractivity (Wildman–Crippen MR) is 76.2 cm³/mol. The second kappa shape index (κ2) is 8.56. The molecule has 0 aliphatic carbocycles. The van der Waals surface area contributed by atoms with Crippen molar-refractivity contribution < 1.29 is 20.1 Å². The largest absolute Gasteiger partial charge is 0.395 e. The van der Waals surface area contributed by atoms with E-state index in [9.17, 15) is 20.1 Å². The summed E-state index contributed by atoms with van der Waals surface area (Å²) in [6.45, 7) is 2.60. The van der Waals surface area contributed by atoms with E-state index in [1.54, 1.807) is 7.05 Å². The Hall–Kier alpha value is -0.690. The number of nitrogens with one attached hydrogen (secondary N) is 1. The average Bonchev–Trinajstić information content (AvgIpc) is 2.67. The Morgan fingerprint density at radius 3 is 2.35 bits per heavy atom. The maximum atomic E-state index is 11.5. The molecular formula is C14H28N2O4. The Morgan fingerprint density at radius 1 is 1.15 bits per heavy atom. The van der Waals surface area contributed by atoms with E-state index in [1.807, 2.05) is 4.90 Å². The summed E-state index contributed by atoms with van der Waals surface area (Å²) >= 11 is 0. The zero-order valence-electron chi connectivity index (χ0n) is 12.5. The molecule has 0 aromatic carbocycles. The molecule has 4 N–H and O–H groups in total. The lowest BCUT2D eigenvalue weighted by Crippen LogP contribution is -2.43. The van der Waals surface area contributed by atoms with Crippen LogP contribution in [0.5, 0.6) is 0 Å². The fraction of sp³-hybridized carbons (Fsp3) is 0.929. The quantitative estimate of drug-likeness (QED) is 0.451. The first-order chi connectivity index (χ1) is 9.56. The maximum Gasteiger partial charge on any atom is 0.221 e. The lowest BCUT2D eigenvalue weighted by atomic mass is 10.1. The highest BCUT2D eigenvalue weighted by molar-refractivity contribution is 5.76. The number of unbranched alkanes of at least 4 members (excludes halogenated alkanes) is 3. The Kier molecular flexibility index (Phi) is 7.43. The van der Waals surface area contributed by atoms with Gasteiger partial charge < -0.3 is 20.6 Å². The third-order valence-electron chi connectivity index (χ3n) is 4.12. The summed E-state index contributed by atoms with van der Waals surface area (Å²) < 4.78 is 0. The van der Waals surface area contributed by atoms with Crippen molar-refractivity contribution in [3.05, 3.63) is 0 Å². The van der Waals surface area contributed by atoms with Crippen molar-refractivity contribution in [3.8, 4) is 0 Å². The molecule has 118 valence electrons. The number of amides is 1. The number of nitrogens with zero attached hydrogens (tertiary/aromatic N) is 1. The van der Waals surface area contributed by atoms with Gasteiger partial charge >= 0.3 is 0 Å². The average molecular weight is 288 g/mol. The van der Waals surface area contributed by atoms with Crippen LogP contribution in [0.2, 0.25) is 0 Å². The molecule has 0 aromatic rings. The molecule has 0 radical (unpaired) electrons. The SMILES string of the molecule is CCCCCCN1[C@H](CC(=O)NC)[C@H](O)[C@H](O)[C@H]1CO. The van der Waals surface area contributed by atoms with E-state index in [4.69, 9.17) is 0 Å². The molecule has 1 rings (SSSR count). The molecule has 0 bridgehead atoms. The van der Waals surface area contributed by atoms with Crippen LogP contribution in [0.4, 0.5) is 0 Å². The highest BCUT2D eigenvalue weighted by Crippen LogP contribution is 2.28. The Morgan fingerprint density at radius 2 is 1.80 bits per heavy atom. The highest BCUT2D eigenvalue weighted by Gasteiger charge is 2.47. The molecule has 20 heavy (non-hydrogen) atoms. The van der Waals surface area contributed by atoms with Gasteiger partial charge in [0.25, 0.3) is 0 Å². The number of likely N-dealkylation sites (tertiary alicyclic amines) is 1. The highest BCUT2D eigenvalue weighted by atomic mass is 16.3. The minimum absolute atomic E-state index is 0.138. The molecular weight excluding hydrogens is 260 g/mol. The number of rotatable bonds is 8. The summed E-state index contributed by atoms with van der Waals surface area (Å²) in [5.74, 6) is -0.168. The third kappa shape index (κ3) is 4.15. The van der Waals surface area contributed by atoms with Gasteiger partial charge in [-0.2, -0.15) is 0 Å². The van der Waals surface area contributed by atoms with E-state index in [0.29, 0.717) is 6.54 Å². The lowest BCUT2D eigenvalue weighted by Gasteiger charge is -2.29. The Bertz CT molecular complexity index is 301. The van der Waals surface area contributed by atoms with E-state index in [0.717, 1.165) is 25.7 Å². The Balaban J connectivity index is 2.67. The van der Waals surface area contributed by atoms with Crippen molar-refractivity contribution in [1.82, 2.24) is 10.2 Å². The van der Waals surface area contributed by atoms with E-state index < -0.39 is 24.3 Å². The summed E-state index contributed by atoms with van der Waals surface area (Å²) in [5, 5.41) is 32.1. The molecule has 6 heteroatoms. The van der Waals surface area contributed by atoms with Gasteiger partial charge in [-0.15, -0.1) is 0 Å². The summed E-state index contributed by atoms with van der Waals surface area (Å²) in [7, 11) is 1.55. The van der Waals surface area contributed by atoms with Crippen molar-refractivity contribution >= 4 is 5.91 Å². The van der Waals surface area contributed by atoms with Crippen LogP contribution in [0.15, 0.2) is 0 Å². The van der Waals surface area contributed by atoms with E-state index >= 15 is 0 Å². The van der Waals surface area contributed by atoms with Crippen LogP contribution in [-0.2, 0) is 4.79 Å². The third-order valence-corrected chi connectivity index (χ3v) is 4.12. The van der Waals surface area contributed by atoms with Crippen LogP contribution in [0.3, 0.4) is 0 Å². The van der Waals surface area contributed by atoms with Gasteiger partial charge in [0, 0.05) is 19.5 Å². The molecule has 1 saturated heterocycles. The van der Waals surface area contributed by atoms with Crippen molar-refractivity contribution in [1.29, 1.82) is 0 Å². The summed E-state index contributed by atoms with van der Waals surface area (Å²) in [6.07, 6.45) is 2.44. The summed E-state index contributed by atoms with van der Waals surface area (Å²) in [5.41, 5.74) is 0. The van der Waals surface area contributed by atoms with E-state index in [-0.39, 0.29) is 18.9 Å². The zero-order valence-corrected chi connectivity index (χ0v) is 12.5. The van der Waals surface area contributed by atoms with Crippen LogP contribution in [0.25, 0.3) is 0 Å². The van der Waals surface area contributed by atoms with Gasteiger partial charge in [-0.3, -0.25) is 9.69 Å². The zero-order chi connectivity index (χ0) is 15.1. The lowest BCUT2D eigenvalue weighted by molar-refractivity contribution is -0.122. The fourth-order valence-electron chi connectivity index (χ4n) is 2.89. The van der Waals surface area contributed by atoms with Gasteiger partial charge in [-0.1, -0.05) is 26.2 Å². The molecule has 1 amide bonds. The minimum Gasteiger partial charge on any atom is -0.395 e. The van der Waals surface area contributed by atoms with Crippen molar-refractivity contribution in [2.45, 2.75) is 63.3 Å². The maximum absolute atomic E-state index is 11.5. The van der Waals surface area contributed by atoms with Gasteiger partial charge in [-0.25, -0.2) is 0 Å². The number of aliphatic hydroxyl groups is 3. The van der Waals surface area contributed by atoms with Gasteiger partial charge in [0.2, 0.25) is 5.91 Å². The molecule has 1 heterocycles. The standard InChI is InChI=1S/C14H28N2O4/c1-3-4-5-6-7-16-10(8-12(18)15-2)13(19)14(20)11(16)9-17/h10-11,13-14,17,19-20H,3-9H2,1-2H3,(H,15,18)/t10-,11-,13+,14-/m1/s1. The number of hydrogen-bond acceptors (Lipinski definition) is 5. The van der Waals surface area contributed by atoms with Gasteiger partial charge in [0.05, 0.1) is 24.9 Å². The van der Waals surface area contributed by atoms with Crippen molar-refractivity contribution in [2.75, 3.05) is 20.2 Å². The van der Waals surface area contributed by atoms with Gasteiger partial charge in [-0.05, 0) is 13.0 Å². The summed E-state index contributed by atoms with van der Waals surface area (Å²) in [4.78, 5) is 13.4. The molecule has 0 saturated carbocycles. The fourth-order valence-corrected chi connectivity index (χ4v) is 2.89. The van der Waals surface area contributed by atoms with Crippen LogP contribution in [0, 0.1) is 0 Å². The second-order valence-corrected chi connectivity index (χ2v) is 5.47. The smallest absolute Gasteiger partial charge is 0.221 e. The van der Waals surface area contributed by atoms with Crippen LogP contribution in [0.1, 0.15) is 39.0 Å². The first-order valence-corrected chi connectivity index (χ1v) is 7.50. The first-order valence-electron chi connectivity index (χ1n) is 7.50. The molecule has 4 atom stereocenters. The molecule has 1 aliphatic rings. The van der Waals surface area contributed by atoms with Gasteiger partial charge in [0.1, 0.15) is 0 Å². The predicted octanol–water partition coefficient (Wildman–Crippen LogP) is -0.530. The van der Waals surface area contributed by atoms with Crippen LogP contribution in [-0.4, -0.2) is 70.6 Å². The second-order valence-electron chi connectivity index (χ2n) is 5.47. The number of carbonyl (C=O) groups excluding carboxylic acids is 1. The monoisotopic (exact) mass is 288 g/mol. The van der Waals surface area contributed by atoms with Crippen LogP contribution >= 0.6 is 0 Å². The normalized spacial score (nSPS) is 30.6. The first kappa shape index (κ1) is 17.4. The molecule has 0 spiro atoms.